The van der Waals surface area contributed by atoms with Crippen molar-refractivity contribution in [2.45, 2.75) is 66.2 Å². The molecular formula is C20H32O2. The molecule has 0 bridgehead atoms. The number of rotatable bonds is 11. The minimum absolute atomic E-state index is 0.154. The standard InChI is InChI=1S/C20H32O2/c1-6-16-22-20(21)15-9-14-19(5)13-8-12-18(4)11-7-10-17(2)3/h6,10,12,14H,1,7-9,11,13,15-16H2,2-5H3/b18-12+,19-14+. The molecule has 0 atom stereocenters. The number of carbonyl (C=O) groups is 1. The first kappa shape index (κ1) is 20.4. The molecular weight excluding hydrogens is 272 g/mol. The van der Waals surface area contributed by atoms with Crippen LogP contribution in [0.4, 0.5) is 0 Å². The normalized spacial score (nSPS) is 12.0. The summed E-state index contributed by atoms with van der Waals surface area (Å²) < 4.78 is 4.94. The van der Waals surface area contributed by atoms with Gasteiger partial charge in [-0.05, 0) is 59.8 Å². The topological polar surface area (TPSA) is 26.3 Å². The van der Waals surface area contributed by atoms with Gasteiger partial charge < -0.3 is 4.74 Å². The quantitative estimate of drug-likeness (QED) is 0.350. The summed E-state index contributed by atoms with van der Waals surface area (Å²) in [7, 11) is 0. The summed E-state index contributed by atoms with van der Waals surface area (Å²) in [5.74, 6) is -0.154. The molecule has 0 aliphatic rings. The average molecular weight is 304 g/mol. The van der Waals surface area contributed by atoms with Gasteiger partial charge in [-0.1, -0.05) is 47.6 Å². The molecule has 124 valence electrons. The number of carbonyl (C=O) groups excluding carboxylic acids is 1. The van der Waals surface area contributed by atoms with Crippen LogP contribution < -0.4 is 0 Å². The van der Waals surface area contributed by atoms with E-state index in [9.17, 15) is 4.79 Å². The van der Waals surface area contributed by atoms with Crippen molar-refractivity contribution in [3.05, 3.63) is 47.6 Å². The second-order valence-corrected chi connectivity index (χ2v) is 5.97. The van der Waals surface area contributed by atoms with Crippen molar-refractivity contribution in [2.75, 3.05) is 6.61 Å². The van der Waals surface area contributed by atoms with E-state index in [4.69, 9.17) is 4.74 Å². The van der Waals surface area contributed by atoms with Gasteiger partial charge in [0.05, 0.1) is 0 Å². The molecule has 0 aliphatic heterocycles. The highest BCUT2D eigenvalue weighted by molar-refractivity contribution is 5.69. The highest BCUT2D eigenvalue weighted by Crippen LogP contribution is 2.12. The molecule has 22 heavy (non-hydrogen) atoms. The third-order valence-electron chi connectivity index (χ3n) is 3.33. The summed E-state index contributed by atoms with van der Waals surface area (Å²) >= 11 is 0. The first-order valence-electron chi connectivity index (χ1n) is 8.16. The van der Waals surface area contributed by atoms with Gasteiger partial charge >= 0.3 is 5.97 Å². The van der Waals surface area contributed by atoms with Gasteiger partial charge in [0.1, 0.15) is 6.61 Å². The van der Waals surface area contributed by atoms with Gasteiger partial charge in [-0.25, -0.2) is 0 Å². The maximum atomic E-state index is 11.3. The van der Waals surface area contributed by atoms with Crippen molar-refractivity contribution in [3.63, 3.8) is 0 Å². The molecule has 0 N–H and O–H groups in total. The van der Waals surface area contributed by atoms with Gasteiger partial charge in [0.2, 0.25) is 0 Å². The molecule has 0 radical (unpaired) electrons. The van der Waals surface area contributed by atoms with Crippen LogP contribution in [0.15, 0.2) is 47.6 Å². The Hall–Kier alpha value is -1.57. The lowest BCUT2D eigenvalue weighted by Crippen LogP contribution is -2.03. The minimum Gasteiger partial charge on any atom is -0.461 e. The van der Waals surface area contributed by atoms with Crippen molar-refractivity contribution in [1.29, 1.82) is 0 Å². The lowest BCUT2D eigenvalue weighted by Gasteiger charge is -2.02. The van der Waals surface area contributed by atoms with Crippen molar-refractivity contribution in [1.82, 2.24) is 0 Å². The highest BCUT2D eigenvalue weighted by Gasteiger charge is 1.99. The van der Waals surface area contributed by atoms with Crippen LogP contribution in [0.3, 0.4) is 0 Å². The van der Waals surface area contributed by atoms with E-state index in [1.165, 1.54) is 16.7 Å². The third kappa shape index (κ3) is 13.4. The number of hydrogen-bond donors (Lipinski definition) is 0. The van der Waals surface area contributed by atoms with Crippen molar-refractivity contribution >= 4 is 5.97 Å². The van der Waals surface area contributed by atoms with Gasteiger partial charge in [0, 0.05) is 6.42 Å². The smallest absolute Gasteiger partial charge is 0.306 e. The Morgan fingerprint density at radius 3 is 1.86 bits per heavy atom. The molecule has 0 saturated heterocycles. The Kier molecular flexibility index (Phi) is 12.2. The summed E-state index contributed by atoms with van der Waals surface area (Å²) in [6.07, 6.45) is 13.9. The summed E-state index contributed by atoms with van der Waals surface area (Å²) in [5.41, 5.74) is 4.18. The zero-order valence-corrected chi connectivity index (χ0v) is 14.8. The molecule has 0 aromatic rings. The van der Waals surface area contributed by atoms with E-state index in [-0.39, 0.29) is 5.97 Å². The molecule has 0 unspecified atom stereocenters. The molecule has 0 fully saturated rings. The van der Waals surface area contributed by atoms with E-state index in [0.717, 1.165) is 32.1 Å². The van der Waals surface area contributed by atoms with E-state index >= 15 is 0 Å². The zero-order chi connectivity index (χ0) is 16.8. The van der Waals surface area contributed by atoms with Crippen LogP contribution in [0.2, 0.25) is 0 Å². The van der Waals surface area contributed by atoms with Crippen LogP contribution in [0.5, 0.6) is 0 Å². The minimum atomic E-state index is -0.154. The van der Waals surface area contributed by atoms with Gasteiger partial charge in [-0.3, -0.25) is 4.79 Å². The summed E-state index contributed by atoms with van der Waals surface area (Å²) in [4.78, 5) is 11.3. The van der Waals surface area contributed by atoms with Crippen LogP contribution in [0, 0.1) is 0 Å². The molecule has 0 heterocycles. The van der Waals surface area contributed by atoms with Crippen molar-refractivity contribution in [2.24, 2.45) is 0 Å². The van der Waals surface area contributed by atoms with Crippen molar-refractivity contribution in [3.8, 4) is 0 Å². The summed E-state index contributed by atoms with van der Waals surface area (Å²) in [6, 6.07) is 0. The second-order valence-electron chi connectivity index (χ2n) is 5.97. The van der Waals surface area contributed by atoms with E-state index in [1.54, 1.807) is 6.08 Å². The number of esters is 1. The van der Waals surface area contributed by atoms with E-state index in [0.29, 0.717) is 13.0 Å². The highest BCUT2D eigenvalue weighted by atomic mass is 16.5. The Morgan fingerprint density at radius 2 is 1.36 bits per heavy atom. The Balaban J connectivity index is 3.89. The molecule has 0 aromatic heterocycles. The maximum absolute atomic E-state index is 11.3. The van der Waals surface area contributed by atoms with Gasteiger partial charge in [0.15, 0.2) is 0 Å². The fraction of sp³-hybridized carbons (Fsp3) is 0.550. The molecule has 0 amide bonds. The Morgan fingerprint density at radius 1 is 0.864 bits per heavy atom. The monoisotopic (exact) mass is 304 g/mol. The maximum Gasteiger partial charge on any atom is 0.306 e. The fourth-order valence-electron chi connectivity index (χ4n) is 2.00. The van der Waals surface area contributed by atoms with Crippen LogP contribution in [0.1, 0.15) is 66.2 Å². The second kappa shape index (κ2) is 13.1. The molecule has 0 saturated carbocycles. The summed E-state index contributed by atoms with van der Waals surface area (Å²) in [5, 5.41) is 0. The first-order valence-corrected chi connectivity index (χ1v) is 8.16. The predicted octanol–water partition coefficient (Wildman–Crippen LogP) is 5.92. The lowest BCUT2D eigenvalue weighted by atomic mass is 10.1. The number of allylic oxidation sites excluding steroid dienone is 6. The summed E-state index contributed by atoms with van der Waals surface area (Å²) in [6.45, 7) is 12.4. The fourth-order valence-corrected chi connectivity index (χ4v) is 2.00. The van der Waals surface area contributed by atoms with Crippen molar-refractivity contribution < 1.29 is 9.53 Å². The van der Waals surface area contributed by atoms with E-state index in [2.05, 4.69) is 52.5 Å². The van der Waals surface area contributed by atoms with Crippen LogP contribution in [-0.4, -0.2) is 12.6 Å². The van der Waals surface area contributed by atoms with Gasteiger partial charge in [-0.15, -0.1) is 0 Å². The zero-order valence-electron chi connectivity index (χ0n) is 14.8. The van der Waals surface area contributed by atoms with E-state index < -0.39 is 0 Å². The predicted molar refractivity (Wildman–Crippen MR) is 95.8 cm³/mol. The number of ether oxygens (including phenoxy) is 1. The van der Waals surface area contributed by atoms with Crippen LogP contribution in [-0.2, 0) is 9.53 Å². The molecule has 0 aromatic carbocycles. The molecule has 2 heteroatoms. The molecule has 2 nitrogen and oxygen atoms in total. The van der Waals surface area contributed by atoms with Crippen LogP contribution >= 0.6 is 0 Å². The Bertz CT molecular complexity index is 421. The Labute approximate surface area is 136 Å². The molecule has 0 spiro atoms. The largest absolute Gasteiger partial charge is 0.461 e. The number of hydrogen-bond acceptors (Lipinski definition) is 2. The van der Waals surface area contributed by atoms with Gasteiger partial charge in [-0.2, -0.15) is 0 Å². The third-order valence-corrected chi connectivity index (χ3v) is 3.33. The SMILES string of the molecule is C=CCOC(=O)CC/C=C(\C)CC/C=C(\C)CCC=C(C)C. The lowest BCUT2D eigenvalue weighted by molar-refractivity contribution is -0.142. The first-order chi connectivity index (χ1) is 10.5. The van der Waals surface area contributed by atoms with Gasteiger partial charge in [0.25, 0.3) is 0 Å². The average Bonchev–Trinajstić information content (AvgIpc) is 2.44. The van der Waals surface area contributed by atoms with E-state index in [1.807, 2.05) is 0 Å². The van der Waals surface area contributed by atoms with Crippen LogP contribution in [0.25, 0.3) is 0 Å². The molecule has 0 aliphatic carbocycles. The molecule has 0 rings (SSSR count).